The van der Waals surface area contributed by atoms with Crippen LogP contribution in [-0.2, 0) is 16.0 Å². The average Bonchev–Trinajstić information content (AvgIpc) is 3.58. The molecule has 1 saturated heterocycles. The van der Waals surface area contributed by atoms with E-state index < -0.39 is 5.97 Å². The Balaban J connectivity index is 1.28. The second kappa shape index (κ2) is 8.77. The van der Waals surface area contributed by atoms with E-state index in [2.05, 4.69) is 24.3 Å². The summed E-state index contributed by atoms with van der Waals surface area (Å²) in [5, 5.41) is 9.13. The first-order chi connectivity index (χ1) is 17.1. The van der Waals surface area contributed by atoms with E-state index in [9.17, 15) is 9.59 Å². The largest absolute Gasteiger partial charge is 0.492 e. The zero-order chi connectivity index (χ0) is 23.9. The van der Waals surface area contributed by atoms with E-state index in [0.717, 1.165) is 53.9 Å². The second-order valence-corrected chi connectivity index (χ2v) is 9.49. The van der Waals surface area contributed by atoms with Crippen molar-refractivity contribution < 1.29 is 24.2 Å². The number of rotatable bonds is 6. The molecule has 1 aliphatic carbocycles. The van der Waals surface area contributed by atoms with Crippen LogP contribution in [0.1, 0.15) is 54.4 Å². The molecule has 1 fully saturated rings. The van der Waals surface area contributed by atoms with Gasteiger partial charge in [0.25, 0.3) is 0 Å². The third-order valence-corrected chi connectivity index (χ3v) is 7.34. The number of hydrogen-bond acceptors (Lipinski definition) is 4. The van der Waals surface area contributed by atoms with E-state index >= 15 is 0 Å². The van der Waals surface area contributed by atoms with Crippen LogP contribution in [0.5, 0.6) is 11.5 Å². The van der Waals surface area contributed by atoms with Gasteiger partial charge in [-0.3, -0.25) is 9.59 Å². The predicted octanol–water partition coefficient (Wildman–Crippen LogP) is 5.50. The summed E-state index contributed by atoms with van der Waals surface area (Å²) in [7, 11) is 0. The molecule has 1 N–H and O–H groups in total. The SMILES string of the molecule is O=C(O)C[C@@H]1COc2cc(O[C@@H]3CCc4c(-c5ccccc5N5CCCC5=O)cccc43)ccc21. The number of amides is 1. The standard InChI is InChI=1S/C29H27NO5/c31-28-9-4-14-30(28)25-8-2-1-5-23(25)21-6-3-7-24-22(21)12-13-26(24)35-19-10-11-20-18(15-29(32)33)17-34-27(20)16-19/h1-3,5-8,10-11,16,18,26H,4,9,12-15,17H2,(H,32,33)/t18-,26-/m1/s1. The lowest BCUT2D eigenvalue weighted by Gasteiger charge is -2.21. The summed E-state index contributed by atoms with van der Waals surface area (Å²) in [6.07, 6.45) is 3.28. The molecular weight excluding hydrogens is 442 g/mol. The zero-order valence-corrected chi connectivity index (χ0v) is 19.4. The third kappa shape index (κ3) is 3.93. The van der Waals surface area contributed by atoms with E-state index in [0.29, 0.717) is 18.8 Å². The fourth-order valence-electron chi connectivity index (χ4n) is 5.71. The van der Waals surface area contributed by atoms with Crippen LogP contribution in [0, 0.1) is 0 Å². The van der Waals surface area contributed by atoms with Gasteiger partial charge in [0.05, 0.1) is 18.7 Å². The summed E-state index contributed by atoms with van der Waals surface area (Å²) in [4.78, 5) is 25.5. The van der Waals surface area contributed by atoms with Gasteiger partial charge in [0.2, 0.25) is 5.91 Å². The molecule has 0 radical (unpaired) electrons. The van der Waals surface area contributed by atoms with Crippen LogP contribution in [-0.4, -0.2) is 30.1 Å². The molecule has 6 nitrogen and oxygen atoms in total. The van der Waals surface area contributed by atoms with Gasteiger partial charge >= 0.3 is 5.97 Å². The minimum atomic E-state index is -0.819. The van der Waals surface area contributed by atoms with Crippen molar-refractivity contribution in [3.05, 3.63) is 77.4 Å². The molecule has 0 unspecified atom stereocenters. The lowest BCUT2D eigenvalue weighted by Crippen LogP contribution is -2.24. The fourth-order valence-corrected chi connectivity index (χ4v) is 5.71. The van der Waals surface area contributed by atoms with Crippen molar-refractivity contribution in [2.45, 2.75) is 44.1 Å². The molecule has 3 aromatic carbocycles. The quantitative estimate of drug-likeness (QED) is 0.516. The molecule has 3 aromatic rings. The Bertz CT molecular complexity index is 1320. The Labute approximate surface area is 204 Å². The van der Waals surface area contributed by atoms with Crippen LogP contribution >= 0.6 is 0 Å². The van der Waals surface area contributed by atoms with Gasteiger partial charge in [0.1, 0.15) is 17.6 Å². The highest BCUT2D eigenvalue weighted by atomic mass is 16.5. The first kappa shape index (κ1) is 21.7. The van der Waals surface area contributed by atoms with Crippen LogP contribution in [0.3, 0.4) is 0 Å². The van der Waals surface area contributed by atoms with Gasteiger partial charge in [-0.15, -0.1) is 0 Å². The van der Waals surface area contributed by atoms with Crippen LogP contribution < -0.4 is 14.4 Å². The molecule has 178 valence electrons. The normalized spacial score (nSPS) is 20.5. The van der Waals surface area contributed by atoms with Gasteiger partial charge in [-0.05, 0) is 48.1 Å². The Hall–Kier alpha value is -3.80. The summed E-state index contributed by atoms with van der Waals surface area (Å²) in [5.41, 5.74) is 6.63. The monoisotopic (exact) mass is 469 g/mol. The van der Waals surface area contributed by atoms with Crippen LogP contribution in [0.25, 0.3) is 11.1 Å². The Morgan fingerprint density at radius 1 is 1.03 bits per heavy atom. The molecule has 0 aromatic heterocycles. The van der Waals surface area contributed by atoms with Gasteiger partial charge in [0.15, 0.2) is 0 Å². The molecule has 6 heteroatoms. The van der Waals surface area contributed by atoms with Crippen molar-refractivity contribution in [2.75, 3.05) is 18.1 Å². The number of nitrogens with zero attached hydrogens (tertiary/aromatic N) is 1. The lowest BCUT2D eigenvalue weighted by molar-refractivity contribution is -0.137. The highest BCUT2D eigenvalue weighted by Gasteiger charge is 2.31. The summed E-state index contributed by atoms with van der Waals surface area (Å²) >= 11 is 0. The molecule has 2 atom stereocenters. The highest BCUT2D eigenvalue weighted by molar-refractivity contribution is 5.99. The number of ether oxygens (including phenoxy) is 2. The molecule has 2 heterocycles. The predicted molar refractivity (Wildman–Crippen MR) is 132 cm³/mol. The topological polar surface area (TPSA) is 76.1 Å². The van der Waals surface area contributed by atoms with Gasteiger partial charge < -0.3 is 19.5 Å². The molecule has 6 rings (SSSR count). The molecule has 0 spiro atoms. The van der Waals surface area contributed by atoms with Gasteiger partial charge in [-0.1, -0.05) is 42.5 Å². The highest BCUT2D eigenvalue weighted by Crippen LogP contribution is 2.44. The number of aliphatic carboxylic acids is 1. The van der Waals surface area contributed by atoms with Crippen LogP contribution in [0.2, 0.25) is 0 Å². The van der Waals surface area contributed by atoms with Crippen molar-refractivity contribution in [1.29, 1.82) is 0 Å². The number of fused-ring (bicyclic) bond motifs is 2. The number of carboxylic acids is 1. The van der Waals surface area contributed by atoms with Crippen molar-refractivity contribution in [2.24, 2.45) is 0 Å². The molecule has 0 bridgehead atoms. The number of para-hydroxylation sites is 1. The van der Waals surface area contributed by atoms with Crippen molar-refractivity contribution in [3.63, 3.8) is 0 Å². The summed E-state index contributed by atoms with van der Waals surface area (Å²) in [6.45, 7) is 1.16. The molecule has 2 aliphatic heterocycles. The number of carbonyl (C=O) groups is 2. The summed E-state index contributed by atoms with van der Waals surface area (Å²) < 4.78 is 12.2. The zero-order valence-electron chi connectivity index (χ0n) is 19.4. The van der Waals surface area contributed by atoms with Crippen LogP contribution in [0.15, 0.2) is 60.7 Å². The molecule has 35 heavy (non-hydrogen) atoms. The van der Waals surface area contributed by atoms with Crippen LogP contribution in [0.4, 0.5) is 5.69 Å². The number of carbonyl (C=O) groups excluding carboxylic acids is 1. The van der Waals surface area contributed by atoms with E-state index in [1.165, 1.54) is 11.1 Å². The van der Waals surface area contributed by atoms with E-state index in [1.807, 2.05) is 41.3 Å². The van der Waals surface area contributed by atoms with Crippen molar-refractivity contribution in [1.82, 2.24) is 0 Å². The Kier molecular flexibility index (Phi) is 5.44. The van der Waals surface area contributed by atoms with Crippen molar-refractivity contribution in [3.8, 4) is 22.6 Å². The molecule has 1 amide bonds. The van der Waals surface area contributed by atoms with Gasteiger partial charge in [-0.2, -0.15) is 0 Å². The number of benzene rings is 3. The van der Waals surface area contributed by atoms with Gasteiger partial charge in [0, 0.05) is 36.1 Å². The Morgan fingerprint density at radius 2 is 1.89 bits per heavy atom. The summed E-state index contributed by atoms with van der Waals surface area (Å²) in [5.74, 6) is 0.696. The van der Waals surface area contributed by atoms with Crippen molar-refractivity contribution >= 4 is 17.6 Å². The maximum atomic E-state index is 12.5. The number of hydrogen-bond donors (Lipinski definition) is 1. The molecule has 3 aliphatic rings. The molecule has 0 saturated carbocycles. The maximum Gasteiger partial charge on any atom is 0.304 e. The van der Waals surface area contributed by atoms with E-state index in [4.69, 9.17) is 14.6 Å². The third-order valence-electron chi connectivity index (χ3n) is 7.34. The summed E-state index contributed by atoms with van der Waals surface area (Å²) in [6, 6.07) is 20.3. The first-order valence-corrected chi connectivity index (χ1v) is 12.3. The van der Waals surface area contributed by atoms with Gasteiger partial charge in [-0.25, -0.2) is 0 Å². The molecular formula is C29H27NO5. The Morgan fingerprint density at radius 3 is 2.71 bits per heavy atom. The minimum Gasteiger partial charge on any atom is -0.492 e. The minimum absolute atomic E-state index is 0.0660. The average molecular weight is 470 g/mol. The maximum absolute atomic E-state index is 12.5. The number of anilines is 1. The number of carboxylic acid groups (broad SMARTS) is 1. The first-order valence-electron chi connectivity index (χ1n) is 12.3. The second-order valence-electron chi connectivity index (χ2n) is 9.49. The van der Waals surface area contributed by atoms with E-state index in [-0.39, 0.29) is 24.3 Å². The smallest absolute Gasteiger partial charge is 0.304 e. The lowest BCUT2D eigenvalue weighted by atomic mass is 9.95. The fraction of sp³-hybridized carbons (Fsp3) is 0.310. The van der Waals surface area contributed by atoms with E-state index in [1.54, 1.807) is 0 Å².